The SMILES string of the molecule is CCOC(=O)c1c(NC(=O)CN(c2ccc(Cl)cc2)S(=O)(=O)c2ccc(OC)cc2)sc2c1CCC2. The van der Waals surface area contributed by atoms with Gasteiger partial charge in [-0.05, 0) is 80.3 Å². The second-order valence-corrected chi connectivity index (χ2v) is 11.4. The third-order valence-corrected chi connectivity index (χ3v) is 8.95. The third kappa shape index (κ3) is 5.35. The zero-order valence-electron chi connectivity index (χ0n) is 19.7. The minimum Gasteiger partial charge on any atom is -0.497 e. The van der Waals surface area contributed by atoms with Gasteiger partial charge < -0.3 is 14.8 Å². The van der Waals surface area contributed by atoms with E-state index in [-0.39, 0.29) is 17.2 Å². The van der Waals surface area contributed by atoms with Crippen LogP contribution in [0, 0.1) is 0 Å². The van der Waals surface area contributed by atoms with Gasteiger partial charge in [-0.15, -0.1) is 11.3 Å². The number of carbonyl (C=O) groups excluding carboxylic acids is 2. The van der Waals surface area contributed by atoms with Gasteiger partial charge >= 0.3 is 5.97 Å². The van der Waals surface area contributed by atoms with Crippen molar-refractivity contribution in [3.05, 3.63) is 69.6 Å². The molecule has 1 heterocycles. The lowest BCUT2D eigenvalue weighted by molar-refractivity contribution is -0.114. The zero-order chi connectivity index (χ0) is 25.9. The molecule has 1 aliphatic rings. The molecule has 190 valence electrons. The van der Waals surface area contributed by atoms with Crippen LogP contribution in [0.4, 0.5) is 10.7 Å². The molecule has 0 atom stereocenters. The average molecular weight is 549 g/mol. The predicted octanol–water partition coefficient (Wildman–Crippen LogP) is 4.91. The van der Waals surface area contributed by atoms with Crippen molar-refractivity contribution in [3.8, 4) is 5.75 Å². The molecule has 1 amide bonds. The van der Waals surface area contributed by atoms with E-state index in [0.717, 1.165) is 34.0 Å². The van der Waals surface area contributed by atoms with Gasteiger partial charge in [-0.25, -0.2) is 13.2 Å². The number of carbonyl (C=O) groups is 2. The Morgan fingerprint density at radius 2 is 1.78 bits per heavy atom. The molecule has 0 spiro atoms. The van der Waals surface area contributed by atoms with Crippen molar-refractivity contribution in [1.82, 2.24) is 0 Å². The van der Waals surface area contributed by atoms with Crippen LogP contribution in [-0.2, 0) is 32.4 Å². The van der Waals surface area contributed by atoms with E-state index in [4.69, 9.17) is 21.1 Å². The van der Waals surface area contributed by atoms with Crippen molar-refractivity contribution < 1.29 is 27.5 Å². The number of benzene rings is 2. The van der Waals surface area contributed by atoms with Crippen LogP contribution in [0.5, 0.6) is 5.75 Å². The molecule has 36 heavy (non-hydrogen) atoms. The number of hydrogen-bond donors (Lipinski definition) is 1. The molecule has 4 rings (SSSR count). The Labute approximate surface area is 218 Å². The Hall–Kier alpha value is -3.08. The number of amides is 1. The number of esters is 1. The minimum atomic E-state index is -4.13. The summed E-state index contributed by atoms with van der Waals surface area (Å²) in [4.78, 5) is 26.9. The van der Waals surface area contributed by atoms with Crippen molar-refractivity contribution in [2.45, 2.75) is 31.1 Å². The highest BCUT2D eigenvalue weighted by atomic mass is 35.5. The maximum Gasteiger partial charge on any atom is 0.341 e. The molecule has 11 heteroatoms. The molecule has 3 aromatic rings. The Morgan fingerprint density at radius 1 is 1.08 bits per heavy atom. The molecular weight excluding hydrogens is 524 g/mol. The molecule has 2 aromatic carbocycles. The van der Waals surface area contributed by atoms with Crippen LogP contribution >= 0.6 is 22.9 Å². The van der Waals surface area contributed by atoms with Gasteiger partial charge in [-0.1, -0.05) is 11.6 Å². The summed E-state index contributed by atoms with van der Waals surface area (Å²) < 4.78 is 38.5. The van der Waals surface area contributed by atoms with Crippen LogP contribution in [0.1, 0.15) is 34.1 Å². The number of fused-ring (bicyclic) bond motifs is 1. The monoisotopic (exact) mass is 548 g/mol. The molecule has 1 aliphatic carbocycles. The molecule has 0 unspecified atom stereocenters. The Kier molecular flexibility index (Phi) is 7.87. The average Bonchev–Trinajstić information content (AvgIpc) is 3.44. The van der Waals surface area contributed by atoms with Crippen LogP contribution in [-0.4, -0.2) is 40.6 Å². The number of rotatable bonds is 9. The van der Waals surface area contributed by atoms with Gasteiger partial charge in [-0.3, -0.25) is 9.10 Å². The van der Waals surface area contributed by atoms with E-state index in [2.05, 4.69) is 5.32 Å². The smallest absolute Gasteiger partial charge is 0.341 e. The molecule has 0 aliphatic heterocycles. The number of nitrogens with one attached hydrogen (secondary N) is 1. The number of aryl methyl sites for hydroxylation is 1. The minimum absolute atomic E-state index is 0.00615. The largest absolute Gasteiger partial charge is 0.497 e. The van der Waals surface area contributed by atoms with Crippen molar-refractivity contribution in [1.29, 1.82) is 0 Å². The summed E-state index contributed by atoms with van der Waals surface area (Å²) in [5.74, 6) is -0.581. The second kappa shape index (κ2) is 10.9. The van der Waals surface area contributed by atoms with Gasteiger partial charge in [0, 0.05) is 9.90 Å². The highest BCUT2D eigenvalue weighted by molar-refractivity contribution is 7.92. The number of nitrogens with zero attached hydrogens (tertiary/aromatic N) is 1. The summed E-state index contributed by atoms with van der Waals surface area (Å²) in [6.07, 6.45) is 2.50. The van der Waals surface area contributed by atoms with E-state index >= 15 is 0 Å². The van der Waals surface area contributed by atoms with Gasteiger partial charge in [0.2, 0.25) is 5.91 Å². The number of ether oxygens (including phenoxy) is 2. The number of methoxy groups -OCH3 is 1. The van der Waals surface area contributed by atoms with E-state index in [9.17, 15) is 18.0 Å². The number of thiophene rings is 1. The first-order chi connectivity index (χ1) is 17.2. The summed E-state index contributed by atoms with van der Waals surface area (Å²) in [5, 5.41) is 3.56. The van der Waals surface area contributed by atoms with Gasteiger partial charge in [0.15, 0.2) is 0 Å². The topological polar surface area (TPSA) is 102 Å². The summed E-state index contributed by atoms with van der Waals surface area (Å²) in [5.41, 5.74) is 1.53. The van der Waals surface area contributed by atoms with E-state index < -0.39 is 28.4 Å². The Morgan fingerprint density at radius 3 is 2.42 bits per heavy atom. The van der Waals surface area contributed by atoms with Crippen LogP contribution in [0.3, 0.4) is 0 Å². The first-order valence-electron chi connectivity index (χ1n) is 11.3. The maximum absolute atomic E-state index is 13.6. The van der Waals surface area contributed by atoms with Gasteiger partial charge in [0.05, 0.1) is 29.9 Å². The first-order valence-corrected chi connectivity index (χ1v) is 13.9. The molecule has 8 nitrogen and oxygen atoms in total. The van der Waals surface area contributed by atoms with Crippen molar-refractivity contribution in [3.63, 3.8) is 0 Å². The summed E-state index contributed by atoms with van der Waals surface area (Å²) in [7, 11) is -2.64. The number of sulfonamides is 1. The third-order valence-electron chi connectivity index (χ3n) is 5.70. The van der Waals surface area contributed by atoms with Crippen molar-refractivity contribution in [2.24, 2.45) is 0 Å². The normalized spacial score (nSPS) is 12.6. The van der Waals surface area contributed by atoms with Crippen molar-refractivity contribution in [2.75, 3.05) is 29.9 Å². The van der Waals surface area contributed by atoms with E-state index in [0.29, 0.717) is 21.3 Å². The Bertz CT molecular complexity index is 1370. The number of anilines is 2. The molecule has 0 saturated heterocycles. The lowest BCUT2D eigenvalue weighted by Gasteiger charge is -2.24. The fraction of sp³-hybridized carbons (Fsp3) is 0.280. The van der Waals surface area contributed by atoms with Gasteiger partial charge in [-0.2, -0.15) is 0 Å². The molecule has 0 saturated carbocycles. The summed E-state index contributed by atoms with van der Waals surface area (Å²) >= 11 is 7.33. The predicted molar refractivity (Wildman–Crippen MR) is 140 cm³/mol. The highest BCUT2D eigenvalue weighted by Crippen LogP contribution is 2.39. The van der Waals surface area contributed by atoms with Gasteiger partial charge in [0.1, 0.15) is 17.3 Å². The summed E-state index contributed by atoms with van der Waals surface area (Å²) in [6, 6.07) is 12.1. The highest BCUT2D eigenvalue weighted by Gasteiger charge is 2.31. The van der Waals surface area contributed by atoms with Crippen LogP contribution in [0.25, 0.3) is 0 Å². The van der Waals surface area contributed by atoms with Crippen LogP contribution in [0.15, 0.2) is 53.4 Å². The van der Waals surface area contributed by atoms with Gasteiger partial charge in [0.25, 0.3) is 10.0 Å². The fourth-order valence-electron chi connectivity index (χ4n) is 4.01. The van der Waals surface area contributed by atoms with Crippen LogP contribution in [0.2, 0.25) is 5.02 Å². The Balaban J connectivity index is 1.65. The molecule has 0 fully saturated rings. The quantitative estimate of drug-likeness (QED) is 0.381. The molecular formula is C25H25ClN2O6S2. The van der Waals surface area contributed by atoms with Crippen LogP contribution < -0.4 is 14.4 Å². The van der Waals surface area contributed by atoms with E-state index in [1.54, 1.807) is 19.1 Å². The summed E-state index contributed by atoms with van der Waals surface area (Å²) in [6.45, 7) is 1.42. The maximum atomic E-state index is 13.6. The number of halogens is 1. The standard InChI is InChI=1S/C25H25ClN2O6S2/c1-3-34-25(30)23-20-5-4-6-21(20)35-24(23)27-22(29)15-28(17-9-7-16(26)8-10-17)36(31,32)19-13-11-18(33-2)12-14-19/h7-14H,3-6,15H2,1-2H3,(H,27,29). The molecule has 1 N–H and O–H groups in total. The zero-order valence-corrected chi connectivity index (χ0v) is 22.1. The molecule has 0 bridgehead atoms. The lowest BCUT2D eigenvalue weighted by Crippen LogP contribution is -2.38. The fourth-order valence-corrected chi connectivity index (χ4v) is 6.85. The molecule has 0 radical (unpaired) electrons. The molecule has 1 aromatic heterocycles. The lowest BCUT2D eigenvalue weighted by atomic mass is 10.1. The second-order valence-electron chi connectivity index (χ2n) is 7.99. The van der Waals surface area contributed by atoms with E-state index in [1.165, 1.54) is 54.8 Å². The number of hydrogen-bond acceptors (Lipinski definition) is 7. The van der Waals surface area contributed by atoms with E-state index in [1.807, 2.05) is 0 Å². The first kappa shape index (κ1) is 26.0. The van der Waals surface area contributed by atoms with Crippen molar-refractivity contribution >= 4 is 55.5 Å².